The predicted octanol–water partition coefficient (Wildman–Crippen LogP) is 5.77. The van der Waals surface area contributed by atoms with Crippen molar-refractivity contribution in [3.05, 3.63) is 81.5 Å². The van der Waals surface area contributed by atoms with Gasteiger partial charge in [-0.1, -0.05) is 64.4 Å². The normalized spacial score (nSPS) is 14.4. The van der Waals surface area contributed by atoms with E-state index in [1.54, 1.807) is 6.92 Å². The van der Waals surface area contributed by atoms with Crippen molar-refractivity contribution < 1.29 is 29.1 Å². The molecule has 5 rings (SSSR count). The Kier molecular flexibility index (Phi) is 13.3. The topological polar surface area (TPSA) is 185 Å². The lowest BCUT2D eigenvalue weighted by molar-refractivity contribution is -0.134. The van der Waals surface area contributed by atoms with Gasteiger partial charge in [0, 0.05) is 54.3 Å². The second-order valence-electron chi connectivity index (χ2n) is 10.5. The molecule has 12 nitrogen and oxygen atoms in total. The number of rotatable bonds is 11. The first-order valence-corrected chi connectivity index (χ1v) is 17.0. The maximum atomic E-state index is 12.6. The van der Waals surface area contributed by atoms with E-state index >= 15 is 0 Å². The highest BCUT2D eigenvalue weighted by atomic mass is 35.5. The van der Waals surface area contributed by atoms with Gasteiger partial charge in [0.2, 0.25) is 17.6 Å². The fraction of sp³-hybridized carbons (Fsp3) is 0.290. The number of benzene rings is 2. The van der Waals surface area contributed by atoms with E-state index in [2.05, 4.69) is 20.4 Å². The number of piperidine rings is 1. The highest BCUT2D eigenvalue weighted by molar-refractivity contribution is 8.01. The van der Waals surface area contributed by atoms with E-state index in [0.717, 1.165) is 59.2 Å². The molecule has 0 saturated carbocycles. The van der Waals surface area contributed by atoms with Crippen LogP contribution in [0.2, 0.25) is 10.0 Å². The number of carbonyl (C=O) groups is 3. The standard InChI is InChI=1S/C27H28Cl2N6O2S2.C4H4O4/c1-16(30)26-33-25(34-37-26)19-4-2-3-18(12-19)23-14-38-27(32-23)39-15-24(36)31-20-7-9-35(10-8-20)13-17-5-6-21(28)22(29)11-17;5-3(6)1-2-4(7)8/h2-6,11-12,14,16,20H,7-10,13,15,30H2,1H3,(H,31,36);1-2H,(H,5,6)(H,7,8)/t16-;/m0./s1. The molecule has 3 heterocycles. The Morgan fingerprint density at radius 2 is 1.79 bits per heavy atom. The Morgan fingerprint density at radius 1 is 1.09 bits per heavy atom. The molecular formula is C31H32Cl2N6O6S2. The number of carboxylic acid groups (broad SMARTS) is 2. The van der Waals surface area contributed by atoms with Crippen LogP contribution in [0.3, 0.4) is 0 Å². The first-order chi connectivity index (χ1) is 22.5. The number of hydrogen-bond donors (Lipinski definition) is 4. The molecule has 1 fully saturated rings. The highest BCUT2D eigenvalue weighted by Gasteiger charge is 2.21. The monoisotopic (exact) mass is 718 g/mol. The number of amides is 1. The maximum absolute atomic E-state index is 12.6. The Labute approximate surface area is 289 Å². The van der Waals surface area contributed by atoms with E-state index < -0.39 is 11.9 Å². The maximum Gasteiger partial charge on any atom is 0.328 e. The number of aromatic nitrogens is 3. The highest BCUT2D eigenvalue weighted by Crippen LogP contribution is 2.30. The molecule has 0 spiro atoms. The summed E-state index contributed by atoms with van der Waals surface area (Å²) in [5.74, 6) is -1.26. The number of carbonyl (C=O) groups excluding carboxylic acids is 1. The number of carboxylic acids is 2. The Hall–Kier alpha value is -3.79. The van der Waals surface area contributed by atoms with E-state index in [4.69, 9.17) is 48.7 Å². The molecule has 0 unspecified atom stereocenters. The number of halogens is 2. The zero-order chi connectivity index (χ0) is 33.9. The molecule has 1 amide bonds. The van der Waals surface area contributed by atoms with Gasteiger partial charge in [0.1, 0.15) is 0 Å². The Morgan fingerprint density at radius 3 is 2.43 bits per heavy atom. The number of nitrogens with two attached hydrogens (primary N) is 1. The number of nitrogens with zero attached hydrogens (tertiary/aromatic N) is 4. The summed E-state index contributed by atoms with van der Waals surface area (Å²) in [7, 11) is 0. The second kappa shape index (κ2) is 17.4. The lowest BCUT2D eigenvalue weighted by Crippen LogP contribution is -2.44. The van der Waals surface area contributed by atoms with E-state index in [0.29, 0.717) is 39.7 Å². The molecule has 47 heavy (non-hydrogen) atoms. The lowest BCUT2D eigenvalue weighted by atomic mass is 10.0. The zero-order valence-corrected chi connectivity index (χ0v) is 28.3. The summed E-state index contributed by atoms with van der Waals surface area (Å²) in [6.07, 6.45) is 2.95. The second-order valence-corrected chi connectivity index (χ2v) is 13.4. The SMILES string of the molecule is C[C@H](N)c1nc(-c2cccc(-c3csc(SCC(=O)NC4CCN(Cc5ccc(Cl)c(Cl)c5)CC4)n3)c2)no1.O=C(O)C=CC(=O)O. The van der Waals surface area contributed by atoms with Crippen molar-refractivity contribution in [2.75, 3.05) is 18.8 Å². The predicted molar refractivity (Wildman–Crippen MR) is 181 cm³/mol. The van der Waals surface area contributed by atoms with Crippen molar-refractivity contribution in [2.24, 2.45) is 5.73 Å². The number of thioether (sulfide) groups is 1. The number of nitrogens with one attached hydrogen (secondary N) is 1. The molecule has 2 aromatic heterocycles. The van der Waals surface area contributed by atoms with Gasteiger partial charge in [0.25, 0.3) is 0 Å². The van der Waals surface area contributed by atoms with Crippen molar-refractivity contribution in [1.29, 1.82) is 0 Å². The van der Waals surface area contributed by atoms with Gasteiger partial charge in [-0.3, -0.25) is 9.69 Å². The third-order valence-electron chi connectivity index (χ3n) is 6.77. The molecule has 0 aliphatic carbocycles. The molecule has 1 aliphatic heterocycles. The summed E-state index contributed by atoms with van der Waals surface area (Å²) < 4.78 is 6.07. The summed E-state index contributed by atoms with van der Waals surface area (Å²) in [4.78, 5) is 43.2. The van der Waals surface area contributed by atoms with Crippen LogP contribution in [0, 0.1) is 0 Å². The molecule has 248 valence electrons. The summed E-state index contributed by atoms with van der Waals surface area (Å²) in [5, 5.41) is 26.0. The molecule has 16 heteroatoms. The van der Waals surface area contributed by atoms with Gasteiger partial charge >= 0.3 is 11.9 Å². The largest absolute Gasteiger partial charge is 0.478 e. The van der Waals surface area contributed by atoms with Gasteiger partial charge in [-0.05, 0) is 43.5 Å². The summed E-state index contributed by atoms with van der Waals surface area (Å²) >= 11 is 15.1. The van der Waals surface area contributed by atoms with Crippen molar-refractivity contribution in [1.82, 2.24) is 25.3 Å². The van der Waals surface area contributed by atoms with E-state index in [1.807, 2.05) is 47.8 Å². The van der Waals surface area contributed by atoms with E-state index in [-0.39, 0.29) is 18.0 Å². The lowest BCUT2D eigenvalue weighted by Gasteiger charge is -2.32. The minimum Gasteiger partial charge on any atom is -0.478 e. The van der Waals surface area contributed by atoms with Crippen LogP contribution in [0.15, 0.2) is 68.9 Å². The molecule has 0 radical (unpaired) electrons. The van der Waals surface area contributed by atoms with Crippen LogP contribution in [0.5, 0.6) is 0 Å². The van der Waals surface area contributed by atoms with Crippen molar-refractivity contribution >= 4 is 64.1 Å². The van der Waals surface area contributed by atoms with Crippen LogP contribution in [0.4, 0.5) is 0 Å². The van der Waals surface area contributed by atoms with Crippen LogP contribution in [0.1, 0.15) is 37.3 Å². The molecule has 4 aromatic rings. The van der Waals surface area contributed by atoms with Crippen molar-refractivity contribution in [3.8, 4) is 22.6 Å². The third-order valence-corrected chi connectivity index (χ3v) is 9.53. The van der Waals surface area contributed by atoms with Gasteiger partial charge in [0.05, 0.1) is 27.5 Å². The Bertz CT molecular complexity index is 1710. The molecule has 2 aromatic carbocycles. The first kappa shape index (κ1) is 36.1. The summed E-state index contributed by atoms with van der Waals surface area (Å²) in [6.45, 7) is 4.46. The zero-order valence-electron chi connectivity index (χ0n) is 25.1. The minimum atomic E-state index is -1.26. The van der Waals surface area contributed by atoms with Gasteiger partial charge < -0.3 is 25.8 Å². The minimum absolute atomic E-state index is 0.0312. The van der Waals surface area contributed by atoms with Crippen LogP contribution < -0.4 is 11.1 Å². The fourth-order valence-electron chi connectivity index (χ4n) is 4.48. The Balaban J connectivity index is 0.000000555. The van der Waals surface area contributed by atoms with Crippen LogP contribution in [0.25, 0.3) is 22.6 Å². The third kappa shape index (κ3) is 11.4. The first-order valence-electron chi connectivity index (χ1n) is 14.3. The molecular weight excluding hydrogens is 687 g/mol. The van der Waals surface area contributed by atoms with Crippen LogP contribution >= 0.6 is 46.3 Å². The number of thiazole rings is 1. The fourth-order valence-corrected chi connectivity index (χ4v) is 6.45. The van der Waals surface area contributed by atoms with Gasteiger partial charge in [0.15, 0.2) is 4.34 Å². The van der Waals surface area contributed by atoms with Crippen LogP contribution in [-0.2, 0) is 20.9 Å². The molecule has 1 aliphatic rings. The number of aliphatic carboxylic acids is 2. The number of hydrogen-bond acceptors (Lipinski definition) is 11. The van der Waals surface area contributed by atoms with E-state index in [9.17, 15) is 14.4 Å². The average Bonchev–Trinajstić information content (AvgIpc) is 3.73. The quantitative estimate of drug-likeness (QED) is 0.109. The van der Waals surface area contributed by atoms with Crippen LogP contribution in [-0.4, -0.2) is 73.0 Å². The summed E-state index contributed by atoms with van der Waals surface area (Å²) in [5.41, 5.74) is 9.58. The van der Waals surface area contributed by atoms with Gasteiger partial charge in [-0.25, -0.2) is 14.6 Å². The van der Waals surface area contributed by atoms with Gasteiger partial charge in [-0.2, -0.15) is 4.98 Å². The molecule has 1 atom stereocenters. The van der Waals surface area contributed by atoms with Crippen molar-refractivity contribution in [3.63, 3.8) is 0 Å². The van der Waals surface area contributed by atoms with E-state index in [1.165, 1.54) is 23.1 Å². The van der Waals surface area contributed by atoms with Gasteiger partial charge in [-0.15, -0.1) is 11.3 Å². The average molecular weight is 720 g/mol. The summed E-state index contributed by atoms with van der Waals surface area (Å²) in [6, 6.07) is 13.4. The van der Waals surface area contributed by atoms with Crippen molar-refractivity contribution in [2.45, 2.75) is 42.7 Å². The number of likely N-dealkylation sites (tertiary alicyclic amines) is 1. The smallest absolute Gasteiger partial charge is 0.328 e. The molecule has 5 N–H and O–H groups in total. The molecule has 0 bridgehead atoms. The molecule has 1 saturated heterocycles.